The van der Waals surface area contributed by atoms with E-state index in [2.05, 4.69) is 58.2 Å². The third-order valence-corrected chi connectivity index (χ3v) is 23.1. The van der Waals surface area contributed by atoms with E-state index in [1.165, 1.54) is 83.6 Å². The second kappa shape index (κ2) is 48.9. The number of phenolic OH excluding ortho intramolecular Hbond substituents is 2. The van der Waals surface area contributed by atoms with Crippen molar-refractivity contribution in [1.82, 2.24) is 77.8 Å². The van der Waals surface area contributed by atoms with Gasteiger partial charge in [0.2, 0.25) is 88.6 Å². The monoisotopic (exact) mass is 1790 g/mol. The summed E-state index contributed by atoms with van der Waals surface area (Å²) in [6.45, 7) is 8.22. The lowest BCUT2D eigenvalue weighted by atomic mass is 9.98. The minimum Gasteiger partial charge on any atom is -0.508 e. The number of amides is 15. The van der Waals surface area contributed by atoms with Crippen molar-refractivity contribution >= 4 is 117 Å². The number of benzene rings is 6. The molecule has 36 heteroatoms. The third-order valence-electron chi connectivity index (χ3n) is 22.1. The van der Waals surface area contributed by atoms with Gasteiger partial charge in [-0.2, -0.15) is 0 Å². The van der Waals surface area contributed by atoms with Gasteiger partial charge in [0.1, 0.15) is 84.0 Å². The average Bonchev–Trinajstić information content (AvgIpc) is 1.80. The zero-order valence-electron chi connectivity index (χ0n) is 74.0. The molecule has 6 aromatic carbocycles. The lowest BCUT2D eigenvalue weighted by Crippen LogP contribution is -2.61. The fourth-order valence-corrected chi connectivity index (χ4v) is 15.7. The summed E-state index contributed by atoms with van der Waals surface area (Å²) in [6, 6.07) is 25.6. The first-order chi connectivity index (χ1) is 61.4. The summed E-state index contributed by atoms with van der Waals surface area (Å²) in [5, 5.41) is 58.2. The summed E-state index contributed by atoms with van der Waals surface area (Å²) in [5.74, 6) is -17.6. The highest BCUT2D eigenvalue weighted by Gasteiger charge is 2.42. The predicted molar refractivity (Wildman–Crippen MR) is 482 cm³/mol. The second-order valence-corrected chi connectivity index (χ2v) is 34.1. The molecule has 0 bridgehead atoms. The molecular formula is C93H118N16O19S. The number of para-hydroxylation sites is 1. The zero-order chi connectivity index (χ0) is 94.3. The topological polar surface area (TPSA) is 509 Å². The van der Waals surface area contributed by atoms with Crippen LogP contribution in [0.25, 0.3) is 10.9 Å². The van der Waals surface area contributed by atoms with Gasteiger partial charge in [0.15, 0.2) is 0 Å². The maximum Gasteiger partial charge on any atom is 0.305 e. The Labute approximate surface area is 753 Å². The van der Waals surface area contributed by atoms with Crippen LogP contribution in [0.5, 0.6) is 11.5 Å². The van der Waals surface area contributed by atoms with E-state index in [9.17, 15) is 58.5 Å². The number of H-pyrrole nitrogens is 1. The van der Waals surface area contributed by atoms with E-state index >= 15 is 33.6 Å². The molecule has 7 aromatic rings. The number of aromatic amines is 1. The van der Waals surface area contributed by atoms with E-state index in [1.807, 2.05) is 6.92 Å². The number of nitrogens with two attached hydrogens (primary N) is 1. The van der Waals surface area contributed by atoms with Gasteiger partial charge in [0, 0.05) is 89.6 Å². The number of rotatable bonds is 23. The summed E-state index contributed by atoms with van der Waals surface area (Å²) >= 11 is 0.827. The standard InChI is InChI=1S/C93H118N16O19S/c1-11-12-32-74-88(123)97-56(6)82(117)100-70(48-80(115)116)87(122)105-81(55(4)5)93(128)108(9)75(45-58-26-18-14-19-27-58)89(124)103-71(44-61-35-39-64(111)40-36-61)90(125)106(7)51-78(113)98-69(47-62-49-95-66-31-23-22-30-65(62)66)86(121)102-68(42-60-33-37-63(110)38-34-60)85(120)101-67(41-54(2)3)84(119)104-73(83(118)96-50-77(94)112)52-129-53-79(114)99-72(43-57-24-16-13-17-25-57)91(126)109(10)76(92(127)107(74)8)46-59-28-20-15-21-29-59/h13-31,33-40,49,54-56,67-76,81,95,110-111H,11-12,32,41-48,50-53H2,1-10H3,(H2,94,112)(H,96,118)(H,97,123)(H,98,113)(H,99,114)(H,100,117)(H,101,120)(H,102,121)(H,103,124)(H,104,119)(H,105,122)(H,115,116)/t56-,67+,68+,69+,70+,71+,72+,73+,74+,75+,76+,81+/m1/s1. The molecule has 0 spiro atoms. The summed E-state index contributed by atoms with van der Waals surface area (Å²) in [4.78, 5) is 242. The fourth-order valence-electron chi connectivity index (χ4n) is 14.8. The molecule has 1 aliphatic rings. The molecule has 129 heavy (non-hydrogen) atoms. The average molecular weight is 1800 g/mol. The summed E-state index contributed by atoms with van der Waals surface area (Å²) in [7, 11) is 5.25. The number of hydrogen-bond donors (Lipinski definition) is 15. The molecule has 15 amide bonds. The Kier molecular flexibility index (Phi) is 38.2. The van der Waals surface area contributed by atoms with Crippen LogP contribution in [0, 0.1) is 11.8 Å². The number of primary amides is 1. The molecule has 0 aliphatic carbocycles. The Balaban J connectivity index is 1.21. The maximum absolute atomic E-state index is 15.5. The largest absolute Gasteiger partial charge is 0.508 e. The van der Waals surface area contributed by atoms with Gasteiger partial charge in [-0.15, -0.1) is 11.8 Å². The molecule has 1 fully saturated rings. The van der Waals surface area contributed by atoms with E-state index in [-0.39, 0.29) is 74.5 Å². The molecule has 2 heterocycles. The minimum atomic E-state index is -1.92. The number of aromatic hydroxyl groups is 2. The molecular weight excluding hydrogens is 1680 g/mol. The second-order valence-electron chi connectivity index (χ2n) is 33.0. The fraction of sp³-hybridized carbons (Fsp3) is 0.419. The first kappa shape index (κ1) is 101. The highest BCUT2D eigenvalue weighted by Crippen LogP contribution is 2.24. The number of aliphatic carboxylic acids is 1. The van der Waals surface area contributed by atoms with Crippen molar-refractivity contribution in [2.45, 2.75) is 185 Å². The van der Waals surface area contributed by atoms with Crippen LogP contribution in [0.15, 0.2) is 170 Å². The van der Waals surface area contributed by atoms with E-state index < -0.39 is 198 Å². The highest BCUT2D eigenvalue weighted by atomic mass is 32.2. The van der Waals surface area contributed by atoms with Gasteiger partial charge in [-0.3, -0.25) is 76.7 Å². The number of nitrogens with zero attached hydrogens (tertiary/aromatic N) is 4. The normalized spacial score (nSPS) is 22.4. The number of phenols is 2. The molecule has 12 atom stereocenters. The number of carbonyl (C=O) groups excluding carboxylic acids is 15. The zero-order valence-corrected chi connectivity index (χ0v) is 74.8. The lowest BCUT2D eigenvalue weighted by Gasteiger charge is -2.36. The van der Waals surface area contributed by atoms with Crippen molar-refractivity contribution in [3.8, 4) is 11.5 Å². The van der Waals surface area contributed by atoms with Crippen molar-refractivity contribution in [3.05, 3.63) is 203 Å². The van der Waals surface area contributed by atoms with Gasteiger partial charge in [-0.1, -0.05) is 181 Å². The highest BCUT2D eigenvalue weighted by molar-refractivity contribution is 8.00. The van der Waals surface area contributed by atoms with E-state index in [0.717, 1.165) is 31.4 Å². The third kappa shape index (κ3) is 30.5. The van der Waals surface area contributed by atoms with Crippen LogP contribution in [0.3, 0.4) is 0 Å². The Morgan fingerprint density at radius 2 is 0.930 bits per heavy atom. The van der Waals surface area contributed by atoms with Gasteiger partial charge in [-0.05, 0) is 95.3 Å². The number of carboxylic acids is 1. The van der Waals surface area contributed by atoms with Crippen LogP contribution in [-0.2, 0) is 115 Å². The van der Waals surface area contributed by atoms with E-state index in [4.69, 9.17) is 5.73 Å². The van der Waals surface area contributed by atoms with Gasteiger partial charge in [-0.25, -0.2) is 0 Å². The maximum atomic E-state index is 15.5. The van der Waals surface area contributed by atoms with Crippen LogP contribution in [-0.4, -0.2) is 260 Å². The molecule has 1 aromatic heterocycles. The van der Waals surface area contributed by atoms with E-state index in [0.29, 0.717) is 57.1 Å². The van der Waals surface area contributed by atoms with Crippen LogP contribution >= 0.6 is 11.8 Å². The number of aromatic nitrogens is 1. The molecule has 16 N–H and O–H groups in total. The number of hydrogen-bond acceptors (Lipinski definition) is 19. The van der Waals surface area contributed by atoms with Crippen LogP contribution in [0.2, 0.25) is 0 Å². The van der Waals surface area contributed by atoms with Crippen molar-refractivity contribution in [2.24, 2.45) is 17.6 Å². The lowest BCUT2D eigenvalue weighted by molar-refractivity contribution is -0.149. The van der Waals surface area contributed by atoms with Crippen LogP contribution in [0.4, 0.5) is 0 Å². The minimum absolute atomic E-state index is 0.0114. The molecule has 1 aliphatic heterocycles. The molecule has 35 nitrogen and oxygen atoms in total. The molecule has 1 saturated heterocycles. The number of unbranched alkanes of at least 4 members (excludes halogenated alkanes) is 1. The van der Waals surface area contributed by atoms with Crippen molar-refractivity contribution in [2.75, 3.05) is 52.8 Å². The quantitative estimate of drug-likeness (QED) is 0.0437. The van der Waals surface area contributed by atoms with Crippen molar-refractivity contribution in [3.63, 3.8) is 0 Å². The summed E-state index contributed by atoms with van der Waals surface area (Å²) < 4.78 is 0. The summed E-state index contributed by atoms with van der Waals surface area (Å²) in [6.07, 6.45) is 0.0272. The van der Waals surface area contributed by atoms with Crippen molar-refractivity contribution in [1.29, 1.82) is 0 Å². The smallest absolute Gasteiger partial charge is 0.305 e. The Morgan fingerprint density at radius 3 is 1.48 bits per heavy atom. The Bertz CT molecular complexity index is 5070. The predicted octanol–water partition coefficient (Wildman–Crippen LogP) is 2.37. The molecule has 0 radical (unpaired) electrons. The number of nitrogens with one attached hydrogen (secondary N) is 11. The molecule has 690 valence electrons. The van der Waals surface area contributed by atoms with Crippen LogP contribution in [0.1, 0.15) is 107 Å². The van der Waals surface area contributed by atoms with Gasteiger partial charge in [0.05, 0.1) is 25.3 Å². The van der Waals surface area contributed by atoms with Crippen molar-refractivity contribution < 1.29 is 92.0 Å². The number of fused-ring (bicyclic) bond motifs is 1. The Morgan fingerprint density at radius 1 is 0.473 bits per heavy atom. The van der Waals surface area contributed by atoms with Crippen LogP contribution < -0.4 is 58.9 Å². The number of carbonyl (C=O) groups is 16. The number of carboxylic acid groups (broad SMARTS) is 1. The number of likely N-dealkylation sites (N-methyl/N-ethyl adjacent to an activating group) is 4. The van der Waals surface area contributed by atoms with Gasteiger partial charge >= 0.3 is 5.97 Å². The molecule has 0 saturated carbocycles. The van der Waals surface area contributed by atoms with Gasteiger partial charge < -0.3 is 98.8 Å². The first-order valence-corrected chi connectivity index (χ1v) is 43.9. The SMILES string of the molecule is CCCC[C@H]1C(=O)N[C@H](C)C(=O)N[C@@H](CC(=O)O)C(=O)N[C@@H](C(C)C)C(=O)N(C)[C@@H](Cc2ccccc2)C(=O)N[C@@H](Cc2ccc(O)cc2)C(=O)N(C)CC(=O)N[C@@H](Cc2c[nH]c3ccccc23)C(=O)N[C@@H](Cc2ccc(O)cc2)C(=O)N[C@@H](CC(C)C)C(=O)N[C@H](C(=O)NCC(N)=O)CSCC(=O)N[C@@H](Cc2ccccc2)C(=O)N(C)[C@@H](Cc2ccccc2)C(=O)N1C. The van der Waals surface area contributed by atoms with Gasteiger partial charge in [0.25, 0.3) is 0 Å². The molecule has 0 unspecified atom stereocenters. The number of thioether (sulfide) groups is 1. The Hall–Kier alpha value is -13.7. The first-order valence-electron chi connectivity index (χ1n) is 42.7. The molecule has 8 rings (SSSR count). The summed E-state index contributed by atoms with van der Waals surface area (Å²) in [5.41, 5.74) is 9.10. The van der Waals surface area contributed by atoms with E-state index in [1.54, 1.807) is 149 Å².